The fourth-order valence-electron chi connectivity index (χ4n) is 3.56. The summed E-state index contributed by atoms with van der Waals surface area (Å²) in [7, 11) is 0. The second-order valence-electron chi connectivity index (χ2n) is 6.94. The van der Waals surface area contributed by atoms with Crippen LogP contribution in [-0.4, -0.2) is 30.6 Å². The molecule has 0 bridgehead atoms. The third-order valence-electron chi connectivity index (χ3n) is 4.99. The molecule has 3 rings (SSSR count). The van der Waals surface area contributed by atoms with Gasteiger partial charge in [0.05, 0.1) is 18.1 Å². The summed E-state index contributed by atoms with van der Waals surface area (Å²) in [5.41, 5.74) is -0.761. The van der Waals surface area contributed by atoms with Crippen molar-refractivity contribution in [2.75, 3.05) is 24.6 Å². The molecule has 1 aromatic heterocycles. The molecule has 4 nitrogen and oxygen atoms in total. The Labute approximate surface area is 151 Å². The average molecular weight is 368 g/mol. The summed E-state index contributed by atoms with van der Waals surface area (Å²) in [5, 5.41) is 0. The first-order chi connectivity index (χ1) is 12.4. The van der Waals surface area contributed by atoms with Crippen LogP contribution in [0.5, 0.6) is 0 Å². The first kappa shape index (κ1) is 18.7. The number of halogens is 3. The van der Waals surface area contributed by atoms with Crippen LogP contribution >= 0.6 is 0 Å². The summed E-state index contributed by atoms with van der Waals surface area (Å²) in [5.74, 6) is -0.481. The molecule has 1 aliphatic carbocycles. The number of pyridine rings is 1. The van der Waals surface area contributed by atoms with Crippen LogP contribution in [0.4, 0.5) is 19.0 Å². The van der Waals surface area contributed by atoms with Gasteiger partial charge >= 0.3 is 12.1 Å². The van der Waals surface area contributed by atoms with Crippen molar-refractivity contribution >= 4 is 11.8 Å². The van der Waals surface area contributed by atoms with Crippen molar-refractivity contribution in [2.24, 2.45) is 11.8 Å². The quantitative estimate of drug-likeness (QED) is 0.590. The Balaban J connectivity index is 1.62. The number of hydrogen-bond acceptors (Lipinski definition) is 4. The van der Waals surface area contributed by atoms with Crippen molar-refractivity contribution in [3.63, 3.8) is 0 Å². The zero-order chi connectivity index (χ0) is 18.6. The fraction of sp³-hybridized carbons (Fsp3) is 0.579. The first-order valence-electron chi connectivity index (χ1n) is 9.04. The summed E-state index contributed by atoms with van der Waals surface area (Å²) in [6.07, 6.45) is 5.30. The van der Waals surface area contributed by atoms with E-state index in [-0.39, 0.29) is 18.3 Å². The van der Waals surface area contributed by atoms with E-state index in [1.807, 2.05) is 0 Å². The van der Waals surface area contributed by atoms with Crippen LogP contribution in [0, 0.1) is 11.8 Å². The Morgan fingerprint density at radius 1 is 1.31 bits per heavy atom. The third kappa shape index (κ3) is 4.56. The Bertz CT molecular complexity index is 660. The van der Waals surface area contributed by atoms with Crippen LogP contribution in [0.25, 0.3) is 0 Å². The molecule has 1 fully saturated rings. The number of ether oxygens (including phenoxy) is 1. The van der Waals surface area contributed by atoms with Crippen LogP contribution in [0.3, 0.4) is 0 Å². The molecule has 0 amide bonds. The molecular formula is C19H23F3N2O2. The number of esters is 1. The number of aromatic nitrogens is 1. The number of rotatable bonds is 4. The standard InChI is InChI=1S/C19H23F3N2O2/c20-19(21,22)16-9-4-10-23-17(16)24-11-5-8-15(12-24)18(25)26-13-14-6-2-1-3-7-14/h1-2,4,9-10,14-15H,3,5-8,11-13H2. The number of allylic oxidation sites excluding steroid dienone is 2. The van der Waals surface area contributed by atoms with Gasteiger partial charge in [-0.1, -0.05) is 12.2 Å². The smallest absolute Gasteiger partial charge is 0.419 e. The third-order valence-corrected chi connectivity index (χ3v) is 4.99. The van der Waals surface area contributed by atoms with Gasteiger partial charge in [-0.2, -0.15) is 13.2 Å². The molecule has 2 unspecified atom stereocenters. The Hall–Kier alpha value is -2.05. The topological polar surface area (TPSA) is 42.4 Å². The number of carbonyl (C=O) groups excluding carboxylic acids is 1. The predicted molar refractivity (Wildman–Crippen MR) is 91.6 cm³/mol. The van der Waals surface area contributed by atoms with Gasteiger partial charge in [0.25, 0.3) is 0 Å². The SMILES string of the molecule is O=C(OCC1CC=CCC1)C1CCCN(c2ncccc2C(F)(F)F)C1. The van der Waals surface area contributed by atoms with E-state index < -0.39 is 17.7 Å². The first-order valence-corrected chi connectivity index (χ1v) is 9.04. The van der Waals surface area contributed by atoms with E-state index in [4.69, 9.17) is 4.74 Å². The van der Waals surface area contributed by atoms with Crippen molar-refractivity contribution in [3.8, 4) is 0 Å². The van der Waals surface area contributed by atoms with Crippen molar-refractivity contribution in [2.45, 2.75) is 38.3 Å². The van der Waals surface area contributed by atoms with Crippen molar-refractivity contribution in [1.82, 2.24) is 4.98 Å². The lowest BCUT2D eigenvalue weighted by Crippen LogP contribution is -2.41. The van der Waals surface area contributed by atoms with Gasteiger partial charge in [0.1, 0.15) is 5.82 Å². The number of nitrogens with zero attached hydrogens (tertiary/aromatic N) is 2. The van der Waals surface area contributed by atoms with Gasteiger partial charge in [0.15, 0.2) is 0 Å². The molecule has 0 saturated carbocycles. The zero-order valence-electron chi connectivity index (χ0n) is 14.5. The monoisotopic (exact) mass is 368 g/mol. The number of hydrogen-bond donors (Lipinski definition) is 0. The van der Waals surface area contributed by atoms with Gasteiger partial charge in [-0.25, -0.2) is 4.98 Å². The molecule has 1 aromatic rings. The van der Waals surface area contributed by atoms with Gasteiger partial charge in [-0.15, -0.1) is 0 Å². The maximum atomic E-state index is 13.2. The normalized spacial score (nSPS) is 23.7. The van der Waals surface area contributed by atoms with Crippen LogP contribution in [-0.2, 0) is 15.7 Å². The molecule has 2 atom stereocenters. The molecular weight excluding hydrogens is 345 g/mol. The highest BCUT2D eigenvalue weighted by atomic mass is 19.4. The van der Waals surface area contributed by atoms with Gasteiger partial charge in [0, 0.05) is 19.3 Å². The molecule has 142 valence electrons. The van der Waals surface area contributed by atoms with Gasteiger partial charge in [-0.05, 0) is 50.2 Å². The lowest BCUT2D eigenvalue weighted by molar-refractivity contribution is -0.150. The van der Waals surface area contributed by atoms with E-state index in [2.05, 4.69) is 17.1 Å². The Kier molecular flexibility index (Phi) is 5.84. The molecule has 7 heteroatoms. The van der Waals surface area contributed by atoms with E-state index >= 15 is 0 Å². The van der Waals surface area contributed by atoms with Gasteiger partial charge < -0.3 is 9.64 Å². The maximum Gasteiger partial charge on any atom is 0.419 e. The summed E-state index contributed by atoms with van der Waals surface area (Å²) in [6.45, 7) is 1.05. The average Bonchev–Trinajstić information content (AvgIpc) is 2.66. The highest BCUT2D eigenvalue weighted by molar-refractivity contribution is 5.73. The van der Waals surface area contributed by atoms with Crippen molar-refractivity contribution in [3.05, 3.63) is 36.0 Å². The molecule has 1 aliphatic heterocycles. The zero-order valence-corrected chi connectivity index (χ0v) is 14.5. The second-order valence-corrected chi connectivity index (χ2v) is 6.94. The summed E-state index contributed by atoms with van der Waals surface area (Å²) >= 11 is 0. The van der Waals surface area contributed by atoms with E-state index in [0.717, 1.165) is 25.3 Å². The summed E-state index contributed by atoms with van der Waals surface area (Å²) in [4.78, 5) is 17.9. The van der Waals surface area contributed by atoms with E-state index in [1.165, 1.54) is 12.3 Å². The van der Waals surface area contributed by atoms with Crippen LogP contribution in [0.1, 0.15) is 37.7 Å². The Morgan fingerprint density at radius 2 is 2.15 bits per heavy atom. The van der Waals surface area contributed by atoms with Crippen LogP contribution in [0.2, 0.25) is 0 Å². The highest BCUT2D eigenvalue weighted by Crippen LogP contribution is 2.36. The number of piperidine rings is 1. The second kappa shape index (κ2) is 8.10. The Morgan fingerprint density at radius 3 is 2.88 bits per heavy atom. The lowest BCUT2D eigenvalue weighted by atomic mass is 9.95. The van der Waals surface area contributed by atoms with Crippen molar-refractivity contribution < 1.29 is 22.7 Å². The largest absolute Gasteiger partial charge is 0.465 e. The van der Waals surface area contributed by atoms with Crippen LogP contribution in [0.15, 0.2) is 30.5 Å². The minimum absolute atomic E-state index is 0.102. The number of alkyl halides is 3. The summed E-state index contributed by atoms with van der Waals surface area (Å²) < 4.78 is 45.1. The number of carbonyl (C=O) groups is 1. The minimum Gasteiger partial charge on any atom is -0.465 e. The maximum absolute atomic E-state index is 13.2. The molecule has 0 radical (unpaired) electrons. The summed E-state index contributed by atoms with van der Waals surface area (Å²) in [6, 6.07) is 2.31. The predicted octanol–water partition coefficient (Wildman–Crippen LogP) is 4.22. The van der Waals surface area contributed by atoms with Gasteiger partial charge in [0.2, 0.25) is 0 Å². The molecule has 2 heterocycles. The molecule has 0 aromatic carbocycles. The van der Waals surface area contributed by atoms with E-state index in [9.17, 15) is 18.0 Å². The molecule has 0 N–H and O–H groups in total. The molecule has 26 heavy (non-hydrogen) atoms. The molecule has 2 aliphatic rings. The minimum atomic E-state index is -4.47. The van der Waals surface area contributed by atoms with Gasteiger partial charge in [-0.3, -0.25) is 4.79 Å². The number of anilines is 1. The van der Waals surface area contributed by atoms with E-state index in [1.54, 1.807) is 4.90 Å². The van der Waals surface area contributed by atoms with Crippen LogP contribution < -0.4 is 4.90 Å². The molecule has 0 spiro atoms. The van der Waals surface area contributed by atoms with Crippen molar-refractivity contribution in [1.29, 1.82) is 0 Å². The highest BCUT2D eigenvalue weighted by Gasteiger charge is 2.37. The van der Waals surface area contributed by atoms with E-state index in [0.29, 0.717) is 31.9 Å². The molecule has 1 saturated heterocycles. The fourth-order valence-corrected chi connectivity index (χ4v) is 3.56. The lowest BCUT2D eigenvalue weighted by Gasteiger charge is -2.34.